The van der Waals surface area contributed by atoms with Crippen molar-refractivity contribution in [3.8, 4) is 0 Å². The largest absolute Gasteiger partial charge is 0.385 e. The number of hydrogen-bond donors (Lipinski definition) is 1. The summed E-state index contributed by atoms with van der Waals surface area (Å²) in [6, 6.07) is 9.95. The monoisotopic (exact) mass is 206 g/mol. The predicted molar refractivity (Wildman–Crippen MR) is 64.8 cm³/mol. The molecule has 1 unspecified atom stereocenters. The summed E-state index contributed by atoms with van der Waals surface area (Å²) in [5.74, 6) is 0. The van der Waals surface area contributed by atoms with Crippen LogP contribution in [-0.2, 0) is 5.60 Å². The highest BCUT2D eigenvalue weighted by molar-refractivity contribution is 5.21. The van der Waals surface area contributed by atoms with Gasteiger partial charge in [-0.1, -0.05) is 62.9 Å². The lowest BCUT2D eigenvalue weighted by molar-refractivity contribution is 0.0448. The standard InChI is InChI=1S/C14H22O/c1-3-4-5-9-12-14(2,15)13-10-7-6-8-11-13/h6-8,10-11,15H,3-5,9,12H2,1-2H3. The highest BCUT2D eigenvalue weighted by atomic mass is 16.3. The average Bonchev–Trinajstić information content (AvgIpc) is 2.26. The zero-order valence-corrected chi connectivity index (χ0v) is 9.87. The van der Waals surface area contributed by atoms with E-state index in [9.17, 15) is 5.11 Å². The molecule has 0 amide bonds. The van der Waals surface area contributed by atoms with E-state index >= 15 is 0 Å². The lowest BCUT2D eigenvalue weighted by Gasteiger charge is -2.23. The van der Waals surface area contributed by atoms with Crippen LogP contribution in [0.25, 0.3) is 0 Å². The van der Waals surface area contributed by atoms with Gasteiger partial charge >= 0.3 is 0 Å². The van der Waals surface area contributed by atoms with Crippen molar-refractivity contribution in [1.29, 1.82) is 0 Å². The van der Waals surface area contributed by atoms with Gasteiger partial charge in [0.05, 0.1) is 5.60 Å². The fourth-order valence-corrected chi connectivity index (χ4v) is 1.84. The van der Waals surface area contributed by atoms with E-state index < -0.39 is 5.60 Å². The summed E-state index contributed by atoms with van der Waals surface area (Å²) >= 11 is 0. The molecule has 0 saturated carbocycles. The van der Waals surface area contributed by atoms with Gasteiger partial charge in [0.15, 0.2) is 0 Å². The fourth-order valence-electron chi connectivity index (χ4n) is 1.84. The van der Waals surface area contributed by atoms with E-state index in [0.29, 0.717) is 0 Å². The van der Waals surface area contributed by atoms with Gasteiger partial charge in [-0.05, 0) is 18.9 Å². The normalized spacial score (nSPS) is 14.9. The number of benzene rings is 1. The van der Waals surface area contributed by atoms with Gasteiger partial charge in [0.2, 0.25) is 0 Å². The molecular weight excluding hydrogens is 184 g/mol. The summed E-state index contributed by atoms with van der Waals surface area (Å²) in [5, 5.41) is 10.3. The Balaban J connectivity index is 2.45. The molecule has 1 aromatic carbocycles. The van der Waals surface area contributed by atoms with E-state index in [-0.39, 0.29) is 0 Å². The Kier molecular flexibility index (Phi) is 4.83. The van der Waals surface area contributed by atoms with E-state index in [2.05, 4.69) is 6.92 Å². The second-order valence-corrected chi connectivity index (χ2v) is 4.45. The first-order chi connectivity index (χ1) is 7.17. The van der Waals surface area contributed by atoms with Crippen LogP contribution in [0, 0.1) is 0 Å². The number of aliphatic hydroxyl groups is 1. The third kappa shape index (κ3) is 4.05. The van der Waals surface area contributed by atoms with Crippen molar-refractivity contribution in [2.45, 2.75) is 51.6 Å². The van der Waals surface area contributed by atoms with Crippen LogP contribution in [0.3, 0.4) is 0 Å². The van der Waals surface area contributed by atoms with Crippen molar-refractivity contribution < 1.29 is 5.11 Å². The molecule has 1 nitrogen and oxygen atoms in total. The molecule has 0 heterocycles. The molecule has 0 radical (unpaired) electrons. The number of rotatable bonds is 6. The minimum absolute atomic E-state index is 0.658. The maximum atomic E-state index is 10.3. The summed E-state index contributed by atoms with van der Waals surface area (Å²) in [5.41, 5.74) is 0.371. The van der Waals surface area contributed by atoms with Crippen molar-refractivity contribution in [3.05, 3.63) is 35.9 Å². The molecule has 84 valence electrons. The molecule has 15 heavy (non-hydrogen) atoms. The molecule has 0 aliphatic rings. The van der Waals surface area contributed by atoms with Crippen LogP contribution >= 0.6 is 0 Å². The van der Waals surface area contributed by atoms with Gasteiger partial charge in [0.25, 0.3) is 0 Å². The summed E-state index contributed by atoms with van der Waals surface area (Å²) in [7, 11) is 0. The minimum Gasteiger partial charge on any atom is -0.385 e. The Hall–Kier alpha value is -0.820. The van der Waals surface area contributed by atoms with Crippen LogP contribution in [0.5, 0.6) is 0 Å². The Labute approximate surface area is 93.1 Å². The molecule has 0 saturated heterocycles. The molecule has 1 atom stereocenters. The molecular formula is C14H22O. The van der Waals surface area contributed by atoms with Gasteiger partial charge in [0, 0.05) is 0 Å². The third-order valence-corrected chi connectivity index (χ3v) is 2.91. The second kappa shape index (κ2) is 5.92. The van der Waals surface area contributed by atoms with Crippen LogP contribution in [0.2, 0.25) is 0 Å². The Morgan fingerprint density at radius 2 is 1.73 bits per heavy atom. The zero-order valence-electron chi connectivity index (χ0n) is 9.87. The molecule has 0 bridgehead atoms. The first-order valence-electron chi connectivity index (χ1n) is 5.94. The van der Waals surface area contributed by atoms with E-state index in [0.717, 1.165) is 18.4 Å². The quantitative estimate of drug-likeness (QED) is 0.701. The summed E-state index contributed by atoms with van der Waals surface area (Å²) in [6.45, 7) is 4.11. The van der Waals surface area contributed by atoms with Crippen molar-refractivity contribution in [3.63, 3.8) is 0 Å². The molecule has 0 spiro atoms. The molecule has 0 aliphatic carbocycles. The molecule has 1 N–H and O–H groups in total. The summed E-state index contributed by atoms with van der Waals surface area (Å²) < 4.78 is 0. The Morgan fingerprint density at radius 3 is 2.33 bits per heavy atom. The zero-order chi connectivity index (χ0) is 11.1. The third-order valence-electron chi connectivity index (χ3n) is 2.91. The van der Waals surface area contributed by atoms with Gasteiger partial charge in [-0.15, -0.1) is 0 Å². The van der Waals surface area contributed by atoms with Crippen molar-refractivity contribution >= 4 is 0 Å². The van der Waals surface area contributed by atoms with Gasteiger partial charge in [-0.2, -0.15) is 0 Å². The Morgan fingerprint density at radius 1 is 1.07 bits per heavy atom. The number of unbranched alkanes of at least 4 members (excludes halogenated alkanes) is 3. The van der Waals surface area contributed by atoms with Gasteiger partial charge < -0.3 is 5.11 Å². The molecule has 1 aromatic rings. The van der Waals surface area contributed by atoms with Crippen LogP contribution in [0.15, 0.2) is 30.3 Å². The smallest absolute Gasteiger partial charge is 0.0868 e. The number of hydrogen-bond acceptors (Lipinski definition) is 1. The minimum atomic E-state index is -0.658. The van der Waals surface area contributed by atoms with Crippen LogP contribution in [0.4, 0.5) is 0 Å². The van der Waals surface area contributed by atoms with Crippen LogP contribution in [0.1, 0.15) is 51.5 Å². The second-order valence-electron chi connectivity index (χ2n) is 4.45. The molecule has 0 aliphatic heterocycles. The van der Waals surface area contributed by atoms with E-state index in [1.807, 2.05) is 37.3 Å². The van der Waals surface area contributed by atoms with E-state index in [1.165, 1.54) is 19.3 Å². The topological polar surface area (TPSA) is 20.2 Å². The summed E-state index contributed by atoms with van der Waals surface area (Å²) in [4.78, 5) is 0. The first-order valence-corrected chi connectivity index (χ1v) is 5.94. The van der Waals surface area contributed by atoms with Gasteiger partial charge in [0.1, 0.15) is 0 Å². The highest BCUT2D eigenvalue weighted by Gasteiger charge is 2.21. The lowest BCUT2D eigenvalue weighted by Crippen LogP contribution is -2.20. The lowest BCUT2D eigenvalue weighted by atomic mass is 9.90. The maximum Gasteiger partial charge on any atom is 0.0868 e. The fraction of sp³-hybridized carbons (Fsp3) is 0.571. The maximum absolute atomic E-state index is 10.3. The van der Waals surface area contributed by atoms with Crippen molar-refractivity contribution in [2.24, 2.45) is 0 Å². The predicted octanol–water partition coefficient (Wildman–Crippen LogP) is 3.86. The average molecular weight is 206 g/mol. The van der Waals surface area contributed by atoms with Crippen molar-refractivity contribution in [1.82, 2.24) is 0 Å². The summed E-state index contributed by atoms with van der Waals surface area (Å²) in [6.07, 6.45) is 5.70. The molecule has 0 aromatic heterocycles. The molecule has 1 heteroatoms. The van der Waals surface area contributed by atoms with Crippen molar-refractivity contribution in [2.75, 3.05) is 0 Å². The molecule has 1 rings (SSSR count). The van der Waals surface area contributed by atoms with Crippen LogP contribution in [-0.4, -0.2) is 5.11 Å². The van der Waals surface area contributed by atoms with Gasteiger partial charge in [-0.25, -0.2) is 0 Å². The van der Waals surface area contributed by atoms with E-state index in [1.54, 1.807) is 0 Å². The first kappa shape index (κ1) is 12.3. The highest BCUT2D eigenvalue weighted by Crippen LogP contribution is 2.26. The molecule has 0 fully saturated rings. The van der Waals surface area contributed by atoms with Crippen LogP contribution < -0.4 is 0 Å². The SMILES string of the molecule is CCCCCCC(C)(O)c1ccccc1. The Bertz CT molecular complexity index is 264. The van der Waals surface area contributed by atoms with E-state index in [4.69, 9.17) is 0 Å². The van der Waals surface area contributed by atoms with Gasteiger partial charge in [-0.3, -0.25) is 0 Å².